The molecule has 0 N–H and O–H groups in total. The van der Waals surface area contributed by atoms with Crippen LogP contribution in [0.3, 0.4) is 0 Å². The summed E-state index contributed by atoms with van der Waals surface area (Å²) in [6.45, 7) is 0. The summed E-state index contributed by atoms with van der Waals surface area (Å²) in [5.74, 6) is -0.994. The molecule has 0 aliphatic carbocycles. The van der Waals surface area contributed by atoms with E-state index in [2.05, 4.69) is 25.9 Å². The first-order valence-electron chi connectivity index (χ1n) is 4.76. The summed E-state index contributed by atoms with van der Waals surface area (Å²) in [5, 5.41) is 11.0. The zero-order valence-corrected chi connectivity index (χ0v) is 11.4. The second-order valence-corrected chi connectivity index (χ2v) is 4.51. The highest BCUT2D eigenvalue weighted by atomic mass is 79.9. The molecule has 0 atom stereocenters. The molecule has 98 valence electrons. The maximum atomic E-state index is 13.4. The quantitative estimate of drug-likeness (QED) is 0.480. The highest BCUT2D eigenvalue weighted by Crippen LogP contribution is 2.35. The van der Waals surface area contributed by atoms with E-state index in [1.165, 1.54) is 6.07 Å². The Morgan fingerprint density at radius 3 is 2.74 bits per heavy atom. The van der Waals surface area contributed by atoms with Crippen LogP contribution in [0, 0.1) is 15.9 Å². The second-order valence-electron chi connectivity index (χ2n) is 3.27. The lowest BCUT2D eigenvalue weighted by atomic mass is 10.3. The van der Waals surface area contributed by atoms with Crippen molar-refractivity contribution in [2.24, 2.45) is 0 Å². The van der Waals surface area contributed by atoms with Crippen molar-refractivity contribution in [3.05, 3.63) is 50.1 Å². The number of benzene rings is 1. The zero-order chi connectivity index (χ0) is 14.0. The molecule has 0 unspecified atom stereocenters. The second kappa shape index (κ2) is 5.45. The van der Waals surface area contributed by atoms with Crippen molar-refractivity contribution in [2.45, 2.75) is 0 Å². The van der Waals surface area contributed by atoms with E-state index in [-0.39, 0.29) is 21.3 Å². The number of rotatable bonds is 3. The highest BCUT2D eigenvalue weighted by molar-refractivity contribution is 9.10. The summed E-state index contributed by atoms with van der Waals surface area (Å²) in [7, 11) is 0. The molecule has 0 aliphatic rings. The molecule has 0 aliphatic heterocycles. The Morgan fingerprint density at radius 2 is 2.11 bits per heavy atom. The van der Waals surface area contributed by atoms with Gasteiger partial charge in [-0.3, -0.25) is 10.1 Å². The van der Waals surface area contributed by atoms with Gasteiger partial charge in [-0.2, -0.15) is 0 Å². The predicted molar refractivity (Wildman–Crippen MR) is 67.9 cm³/mol. The Bertz CT molecular complexity index is 656. The van der Waals surface area contributed by atoms with Gasteiger partial charge in [0, 0.05) is 18.2 Å². The van der Waals surface area contributed by atoms with Gasteiger partial charge in [0.25, 0.3) is 0 Å². The fraction of sp³-hybridized carbons (Fsp3) is 0. The average molecular weight is 349 g/mol. The Balaban J connectivity index is 2.44. The van der Waals surface area contributed by atoms with Crippen molar-refractivity contribution in [3.8, 4) is 11.6 Å². The third-order valence-electron chi connectivity index (χ3n) is 2.02. The van der Waals surface area contributed by atoms with E-state index in [4.69, 9.17) is 16.3 Å². The number of halogens is 3. The number of nitro groups is 1. The zero-order valence-electron chi connectivity index (χ0n) is 9.01. The van der Waals surface area contributed by atoms with Crippen LogP contribution in [0.4, 0.5) is 10.1 Å². The number of hydrogen-bond donors (Lipinski definition) is 0. The van der Waals surface area contributed by atoms with Crippen molar-refractivity contribution in [1.82, 2.24) is 9.97 Å². The van der Waals surface area contributed by atoms with Gasteiger partial charge in [-0.05, 0) is 15.9 Å². The van der Waals surface area contributed by atoms with E-state index < -0.39 is 16.4 Å². The normalized spacial score (nSPS) is 10.3. The number of nitrogens with zero attached hydrogens (tertiary/aromatic N) is 3. The Hall–Kier alpha value is -1.80. The Labute approximate surface area is 119 Å². The molecule has 0 fully saturated rings. The molecule has 1 aromatic heterocycles. The van der Waals surface area contributed by atoms with E-state index >= 15 is 0 Å². The van der Waals surface area contributed by atoms with Crippen LogP contribution in [0.1, 0.15) is 0 Å². The fourth-order valence-corrected chi connectivity index (χ4v) is 1.70. The molecular weight excluding hydrogens is 344 g/mol. The monoisotopic (exact) mass is 347 g/mol. The van der Waals surface area contributed by atoms with Crippen molar-refractivity contribution < 1.29 is 14.1 Å². The van der Waals surface area contributed by atoms with Gasteiger partial charge in [0.15, 0.2) is 0 Å². The van der Waals surface area contributed by atoms with Crippen LogP contribution in [0.5, 0.6) is 11.6 Å². The SMILES string of the molecule is O=[N+]([O-])c1cc(Br)c(F)cc1Oc1cc(Cl)ncn1. The minimum absolute atomic E-state index is 0.0233. The van der Waals surface area contributed by atoms with E-state index in [0.717, 1.165) is 18.5 Å². The average Bonchev–Trinajstić information content (AvgIpc) is 2.33. The van der Waals surface area contributed by atoms with Gasteiger partial charge in [0.2, 0.25) is 11.6 Å². The smallest absolute Gasteiger partial charge is 0.312 e. The molecule has 0 bridgehead atoms. The first-order chi connectivity index (χ1) is 8.97. The van der Waals surface area contributed by atoms with Crippen LogP contribution < -0.4 is 4.74 Å². The third-order valence-corrected chi connectivity index (χ3v) is 2.84. The highest BCUT2D eigenvalue weighted by Gasteiger charge is 2.20. The van der Waals surface area contributed by atoms with Crippen LogP contribution in [0.25, 0.3) is 0 Å². The summed E-state index contributed by atoms with van der Waals surface area (Å²) in [5.41, 5.74) is -0.400. The summed E-state index contributed by atoms with van der Waals surface area (Å²) in [6.07, 6.45) is 1.12. The van der Waals surface area contributed by atoms with Gasteiger partial charge in [0.1, 0.15) is 17.3 Å². The van der Waals surface area contributed by atoms with Gasteiger partial charge < -0.3 is 4.74 Å². The maximum absolute atomic E-state index is 13.4. The van der Waals surface area contributed by atoms with E-state index in [9.17, 15) is 14.5 Å². The Kier molecular flexibility index (Phi) is 3.91. The number of nitro benzene ring substituents is 1. The predicted octanol–water partition coefficient (Wildman–Crippen LogP) is 3.73. The van der Waals surface area contributed by atoms with Gasteiger partial charge in [-0.15, -0.1) is 0 Å². The van der Waals surface area contributed by atoms with Crippen molar-refractivity contribution in [3.63, 3.8) is 0 Å². The summed E-state index contributed by atoms with van der Waals surface area (Å²) in [4.78, 5) is 17.5. The topological polar surface area (TPSA) is 78.2 Å². The molecule has 19 heavy (non-hydrogen) atoms. The van der Waals surface area contributed by atoms with E-state index in [1.807, 2.05) is 0 Å². The van der Waals surface area contributed by atoms with Gasteiger partial charge in [0.05, 0.1) is 9.40 Å². The van der Waals surface area contributed by atoms with Crippen molar-refractivity contribution >= 4 is 33.2 Å². The first kappa shape index (κ1) is 13.6. The maximum Gasteiger partial charge on any atom is 0.312 e. The fourth-order valence-electron chi connectivity index (χ4n) is 1.23. The largest absolute Gasteiger partial charge is 0.432 e. The first-order valence-corrected chi connectivity index (χ1v) is 5.93. The lowest BCUT2D eigenvalue weighted by Gasteiger charge is -2.06. The molecule has 0 saturated carbocycles. The molecule has 0 spiro atoms. The van der Waals surface area contributed by atoms with Gasteiger partial charge >= 0.3 is 5.69 Å². The van der Waals surface area contributed by atoms with E-state index in [1.54, 1.807) is 0 Å². The standard InChI is InChI=1S/C10H4BrClFN3O3/c11-5-1-7(16(17)18)8(2-6(5)13)19-10-3-9(12)14-4-15-10/h1-4H. The molecular formula is C10H4BrClFN3O3. The molecule has 0 radical (unpaired) electrons. The number of hydrogen-bond acceptors (Lipinski definition) is 5. The minimum Gasteiger partial charge on any atom is -0.432 e. The number of ether oxygens (including phenoxy) is 1. The van der Waals surface area contributed by atoms with Gasteiger partial charge in [-0.25, -0.2) is 14.4 Å². The van der Waals surface area contributed by atoms with Crippen molar-refractivity contribution in [1.29, 1.82) is 0 Å². The van der Waals surface area contributed by atoms with Crippen molar-refractivity contribution in [2.75, 3.05) is 0 Å². The van der Waals surface area contributed by atoms with Crippen LogP contribution in [0.2, 0.25) is 5.15 Å². The van der Waals surface area contributed by atoms with Crippen LogP contribution in [-0.4, -0.2) is 14.9 Å². The third kappa shape index (κ3) is 3.15. The Morgan fingerprint density at radius 1 is 1.37 bits per heavy atom. The van der Waals surface area contributed by atoms with Gasteiger partial charge in [-0.1, -0.05) is 11.6 Å². The minimum atomic E-state index is -0.694. The van der Waals surface area contributed by atoms with Crippen LogP contribution in [0.15, 0.2) is 29.0 Å². The molecule has 2 aromatic rings. The molecule has 1 aromatic carbocycles. The van der Waals surface area contributed by atoms with Crippen LogP contribution in [-0.2, 0) is 0 Å². The van der Waals surface area contributed by atoms with E-state index in [0.29, 0.717) is 0 Å². The molecule has 1 heterocycles. The lowest BCUT2D eigenvalue weighted by molar-refractivity contribution is -0.385. The summed E-state index contributed by atoms with van der Waals surface area (Å²) >= 11 is 8.49. The lowest BCUT2D eigenvalue weighted by Crippen LogP contribution is -1.96. The number of aromatic nitrogens is 2. The summed E-state index contributed by atoms with van der Waals surface area (Å²) < 4.78 is 18.5. The molecule has 0 amide bonds. The molecule has 2 rings (SSSR count). The van der Waals surface area contributed by atoms with Crippen LogP contribution >= 0.6 is 27.5 Å². The summed E-state index contributed by atoms with van der Waals surface area (Å²) in [6, 6.07) is 3.15. The molecule has 6 nitrogen and oxygen atoms in total. The molecule has 0 saturated heterocycles. The molecule has 9 heteroatoms.